The fourth-order valence-corrected chi connectivity index (χ4v) is 1.92. The molecule has 1 aromatic rings. The third-order valence-corrected chi connectivity index (χ3v) is 3.19. The molecule has 0 aliphatic heterocycles. The van der Waals surface area contributed by atoms with E-state index >= 15 is 0 Å². The summed E-state index contributed by atoms with van der Waals surface area (Å²) in [6.07, 6.45) is 2.26. The van der Waals surface area contributed by atoms with Gasteiger partial charge in [0.2, 0.25) is 0 Å². The topological polar surface area (TPSA) is 75.6 Å². The quantitative estimate of drug-likeness (QED) is 0.680. The summed E-state index contributed by atoms with van der Waals surface area (Å²) in [5.41, 5.74) is 0. The van der Waals surface area contributed by atoms with Gasteiger partial charge in [0.1, 0.15) is 5.75 Å². The Morgan fingerprint density at radius 3 is 2.67 bits per heavy atom. The third kappa shape index (κ3) is 7.78. The van der Waals surface area contributed by atoms with E-state index in [4.69, 9.17) is 33.0 Å². The van der Waals surface area contributed by atoms with Crippen LogP contribution in [0.15, 0.2) is 18.2 Å². The number of benzene rings is 1. The Morgan fingerprint density at radius 1 is 1.19 bits per heavy atom. The third-order valence-electron chi connectivity index (χ3n) is 2.64. The van der Waals surface area contributed by atoms with Crippen LogP contribution >= 0.6 is 23.2 Å². The van der Waals surface area contributed by atoms with Gasteiger partial charge in [-0.15, -0.1) is 0 Å². The first-order valence-corrected chi connectivity index (χ1v) is 7.31. The summed E-state index contributed by atoms with van der Waals surface area (Å²) < 4.78 is 5.28. The molecule has 0 bridgehead atoms. The van der Waals surface area contributed by atoms with Crippen LogP contribution in [0.1, 0.15) is 25.7 Å². The monoisotopic (exact) mass is 333 g/mol. The lowest BCUT2D eigenvalue weighted by molar-refractivity contribution is -0.137. The van der Waals surface area contributed by atoms with Crippen LogP contribution in [0.2, 0.25) is 10.0 Å². The molecule has 0 heterocycles. The van der Waals surface area contributed by atoms with Crippen molar-refractivity contribution >= 4 is 35.1 Å². The number of carboxylic acids is 1. The highest BCUT2D eigenvalue weighted by atomic mass is 35.5. The number of halogens is 2. The van der Waals surface area contributed by atoms with Crippen LogP contribution in [0, 0.1) is 0 Å². The number of nitrogens with one attached hydrogen (secondary N) is 1. The van der Waals surface area contributed by atoms with E-state index in [1.54, 1.807) is 18.2 Å². The lowest BCUT2D eigenvalue weighted by Gasteiger charge is -2.09. The molecule has 1 aromatic carbocycles. The van der Waals surface area contributed by atoms with Crippen molar-refractivity contribution in [3.05, 3.63) is 28.2 Å². The second-order valence-electron chi connectivity index (χ2n) is 4.42. The van der Waals surface area contributed by atoms with Gasteiger partial charge in [-0.3, -0.25) is 9.59 Å². The first-order valence-electron chi connectivity index (χ1n) is 6.55. The Bertz CT molecular complexity index is 494. The molecule has 0 fully saturated rings. The summed E-state index contributed by atoms with van der Waals surface area (Å²) in [6.45, 7) is 0.347. The molecule has 0 spiro atoms. The van der Waals surface area contributed by atoms with Gasteiger partial charge in [0.25, 0.3) is 5.91 Å². The molecule has 1 rings (SSSR count). The van der Waals surface area contributed by atoms with E-state index < -0.39 is 5.97 Å². The summed E-state index contributed by atoms with van der Waals surface area (Å²) >= 11 is 11.7. The number of hydrogen-bond acceptors (Lipinski definition) is 3. The Kier molecular flexibility index (Phi) is 7.93. The van der Waals surface area contributed by atoms with E-state index in [1.165, 1.54) is 0 Å². The minimum atomic E-state index is -0.800. The average Bonchev–Trinajstić information content (AvgIpc) is 2.43. The second kappa shape index (κ2) is 9.47. The van der Waals surface area contributed by atoms with Crippen molar-refractivity contribution in [2.75, 3.05) is 13.2 Å². The highest BCUT2D eigenvalue weighted by Gasteiger charge is 2.06. The normalized spacial score (nSPS) is 10.2. The zero-order chi connectivity index (χ0) is 15.7. The Morgan fingerprint density at radius 2 is 1.95 bits per heavy atom. The van der Waals surface area contributed by atoms with Crippen molar-refractivity contribution in [3.63, 3.8) is 0 Å². The Balaban J connectivity index is 2.16. The van der Waals surface area contributed by atoms with Gasteiger partial charge in [-0.25, -0.2) is 0 Å². The molecule has 21 heavy (non-hydrogen) atoms. The zero-order valence-corrected chi connectivity index (χ0v) is 12.9. The number of ether oxygens (including phenoxy) is 1. The molecule has 2 N–H and O–H groups in total. The first kappa shape index (κ1) is 17.6. The van der Waals surface area contributed by atoms with Crippen LogP contribution in [-0.4, -0.2) is 30.1 Å². The number of rotatable bonds is 9. The number of carbonyl (C=O) groups excluding carboxylic acids is 1. The predicted molar refractivity (Wildman–Crippen MR) is 81.1 cm³/mol. The van der Waals surface area contributed by atoms with Gasteiger partial charge in [0, 0.05) is 24.1 Å². The van der Waals surface area contributed by atoms with Gasteiger partial charge >= 0.3 is 5.97 Å². The Hall–Kier alpha value is -1.46. The van der Waals surface area contributed by atoms with Gasteiger partial charge < -0.3 is 15.2 Å². The number of hydrogen-bond donors (Lipinski definition) is 2. The van der Waals surface area contributed by atoms with Crippen LogP contribution in [-0.2, 0) is 9.59 Å². The van der Waals surface area contributed by atoms with Crippen molar-refractivity contribution < 1.29 is 19.4 Å². The molecular weight excluding hydrogens is 317 g/mol. The fourth-order valence-electron chi connectivity index (χ4n) is 1.59. The number of unbranched alkanes of at least 4 members (excludes halogenated alkanes) is 2. The van der Waals surface area contributed by atoms with Crippen LogP contribution in [0.3, 0.4) is 0 Å². The summed E-state index contributed by atoms with van der Waals surface area (Å²) in [4.78, 5) is 21.9. The molecule has 0 aliphatic rings. The molecule has 1 amide bonds. The molecule has 0 atom stereocenters. The highest BCUT2D eigenvalue weighted by Crippen LogP contribution is 2.27. The predicted octanol–water partition coefficient (Wildman–Crippen LogP) is 3.13. The largest absolute Gasteiger partial charge is 0.482 e. The number of amides is 1. The minimum absolute atomic E-state index is 0.144. The van der Waals surface area contributed by atoms with Crippen LogP contribution in [0.25, 0.3) is 0 Å². The molecule has 0 aliphatic carbocycles. The molecule has 0 aromatic heterocycles. The molecule has 0 saturated carbocycles. The van der Waals surface area contributed by atoms with Gasteiger partial charge in [-0.1, -0.05) is 29.6 Å². The Labute approximate surface area is 133 Å². The molecule has 0 saturated heterocycles. The van der Waals surface area contributed by atoms with Crippen molar-refractivity contribution in [2.24, 2.45) is 0 Å². The maximum absolute atomic E-state index is 11.5. The fraction of sp³-hybridized carbons (Fsp3) is 0.429. The molecule has 7 heteroatoms. The van der Waals surface area contributed by atoms with Crippen molar-refractivity contribution in [3.8, 4) is 5.75 Å². The number of carboxylic acid groups (broad SMARTS) is 1. The summed E-state index contributed by atoms with van der Waals surface area (Å²) in [5.74, 6) is -0.698. The van der Waals surface area contributed by atoms with Crippen LogP contribution in [0.4, 0.5) is 0 Å². The zero-order valence-electron chi connectivity index (χ0n) is 11.4. The van der Waals surface area contributed by atoms with Gasteiger partial charge in [-0.2, -0.15) is 0 Å². The van der Waals surface area contributed by atoms with Crippen molar-refractivity contribution in [1.82, 2.24) is 5.32 Å². The smallest absolute Gasteiger partial charge is 0.303 e. The van der Waals surface area contributed by atoms with E-state index in [0.29, 0.717) is 28.8 Å². The van der Waals surface area contributed by atoms with E-state index in [2.05, 4.69) is 5.32 Å². The molecule has 0 unspecified atom stereocenters. The number of carbonyl (C=O) groups is 2. The van der Waals surface area contributed by atoms with Crippen molar-refractivity contribution in [2.45, 2.75) is 25.7 Å². The van der Waals surface area contributed by atoms with E-state index in [1.807, 2.05) is 0 Å². The SMILES string of the molecule is O=C(O)CCCCCNC(=O)COc1cc(Cl)ccc1Cl. The molecule has 5 nitrogen and oxygen atoms in total. The van der Waals surface area contributed by atoms with Crippen molar-refractivity contribution in [1.29, 1.82) is 0 Å². The van der Waals surface area contributed by atoms with E-state index in [9.17, 15) is 9.59 Å². The highest BCUT2D eigenvalue weighted by molar-refractivity contribution is 6.34. The maximum atomic E-state index is 11.5. The van der Waals surface area contributed by atoms with Gasteiger partial charge in [-0.05, 0) is 25.0 Å². The summed E-state index contributed by atoms with van der Waals surface area (Å²) in [5, 5.41) is 12.0. The minimum Gasteiger partial charge on any atom is -0.482 e. The molecule has 116 valence electrons. The van der Waals surface area contributed by atoms with Gasteiger partial charge in [0.15, 0.2) is 6.61 Å². The van der Waals surface area contributed by atoms with Crippen LogP contribution in [0.5, 0.6) is 5.75 Å². The standard InChI is InChI=1S/C14H17Cl2NO4/c15-10-5-6-11(16)12(8-10)21-9-13(18)17-7-3-1-2-4-14(19)20/h5-6,8H,1-4,7,9H2,(H,17,18)(H,19,20). The van der Waals surface area contributed by atoms with Gasteiger partial charge in [0.05, 0.1) is 5.02 Å². The maximum Gasteiger partial charge on any atom is 0.303 e. The summed E-state index contributed by atoms with van der Waals surface area (Å²) in [7, 11) is 0. The van der Waals surface area contributed by atoms with E-state index in [0.717, 1.165) is 12.8 Å². The lowest BCUT2D eigenvalue weighted by Crippen LogP contribution is -2.29. The lowest BCUT2D eigenvalue weighted by atomic mass is 10.2. The molecule has 0 radical (unpaired) electrons. The second-order valence-corrected chi connectivity index (χ2v) is 5.26. The number of aliphatic carboxylic acids is 1. The average molecular weight is 334 g/mol. The summed E-state index contributed by atoms with van der Waals surface area (Å²) in [6, 6.07) is 4.77. The first-order chi connectivity index (χ1) is 9.99. The van der Waals surface area contributed by atoms with Crippen LogP contribution < -0.4 is 10.1 Å². The molecular formula is C14H17Cl2NO4. The van der Waals surface area contributed by atoms with E-state index in [-0.39, 0.29) is 18.9 Å².